The predicted octanol–water partition coefficient (Wildman–Crippen LogP) is 4.82. The molecule has 0 atom stereocenters. The second-order valence-corrected chi connectivity index (χ2v) is 7.88. The zero-order valence-corrected chi connectivity index (χ0v) is 17.3. The first kappa shape index (κ1) is 18.7. The molecule has 1 aliphatic rings. The van der Waals surface area contributed by atoms with Crippen molar-refractivity contribution >= 4 is 44.3 Å². The van der Waals surface area contributed by atoms with Crippen LogP contribution in [0.25, 0.3) is 10.9 Å². The quantitative estimate of drug-likeness (QED) is 0.635. The van der Waals surface area contributed by atoms with Crippen LogP contribution in [0.2, 0.25) is 0 Å². The highest BCUT2D eigenvalue weighted by Gasteiger charge is 2.24. The lowest BCUT2D eigenvalue weighted by atomic mass is 10.1. The number of hydrogen-bond donors (Lipinski definition) is 1. The summed E-state index contributed by atoms with van der Waals surface area (Å²) in [5, 5.41) is 3.93. The van der Waals surface area contributed by atoms with Crippen molar-refractivity contribution in [1.29, 1.82) is 0 Å². The molecule has 2 amide bonds. The number of nitrogens with zero attached hydrogens (tertiary/aromatic N) is 2. The lowest BCUT2D eigenvalue weighted by Gasteiger charge is -2.27. The number of carbonyl (C=O) groups is 2. The Labute approximate surface area is 172 Å². The minimum Gasteiger partial charge on any atom is -0.339 e. The number of carbonyl (C=O) groups excluding carboxylic acids is 2. The Balaban J connectivity index is 1.65. The van der Waals surface area contributed by atoms with E-state index in [1.54, 1.807) is 12.1 Å². The average molecular weight is 440 g/mol. The highest BCUT2D eigenvalue weighted by molar-refractivity contribution is 9.10. The third kappa shape index (κ3) is 3.33. The molecule has 5 nitrogen and oxygen atoms in total. The molecule has 28 heavy (non-hydrogen) atoms. The maximum Gasteiger partial charge on any atom is 0.273 e. The van der Waals surface area contributed by atoms with Crippen LogP contribution < -0.4 is 5.32 Å². The van der Waals surface area contributed by atoms with Gasteiger partial charge < -0.3 is 14.8 Å². The Morgan fingerprint density at radius 1 is 0.964 bits per heavy atom. The van der Waals surface area contributed by atoms with Gasteiger partial charge in [0.25, 0.3) is 11.8 Å². The Bertz CT molecular complexity index is 1010. The predicted molar refractivity (Wildman–Crippen MR) is 115 cm³/mol. The molecule has 0 saturated carbocycles. The molecule has 0 unspecified atom stereocenters. The fourth-order valence-corrected chi connectivity index (χ4v) is 4.61. The summed E-state index contributed by atoms with van der Waals surface area (Å²) in [5.41, 5.74) is 2.58. The van der Waals surface area contributed by atoms with Gasteiger partial charge in [0.1, 0.15) is 5.69 Å². The molecule has 0 aliphatic carbocycles. The molecule has 2 heterocycles. The standard InChI is InChI=1S/C22H22BrN3O2/c1-25-18-12-6-4-10-16(18)19(23)20(25)21(27)24-17-11-5-3-9-15(17)22(28)26-13-7-2-8-14-26/h3-6,9-12H,2,7-8,13-14H2,1H3,(H,24,27). The number of hydrogen-bond acceptors (Lipinski definition) is 2. The third-order valence-electron chi connectivity index (χ3n) is 5.31. The van der Waals surface area contributed by atoms with E-state index in [9.17, 15) is 9.59 Å². The number of fused-ring (bicyclic) bond motifs is 1. The number of amides is 2. The topological polar surface area (TPSA) is 54.3 Å². The molecule has 1 saturated heterocycles. The molecule has 1 aromatic heterocycles. The van der Waals surface area contributed by atoms with Gasteiger partial charge in [0.2, 0.25) is 0 Å². The zero-order valence-electron chi connectivity index (χ0n) is 15.7. The summed E-state index contributed by atoms with van der Waals surface area (Å²) in [6, 6.07) is 15.1. The van der Waals surface area contributed by atoms with Gasteiger partial charge >= 0.3 is 0 Å². The lowest BCUT2D eigenvalue weighted by molar-refractivity contribution is 0.0725. The Kier molecular flexibility index (Phi) is 5.22. The van der Waals surface area contributed by atoms with Gasteiger partial charge in [-0.2, -0.15) is 0 Å². The van der Waals surface area contributed by atoms with E-state index < -0.39 is 0 Å². The van der Waals surface area contributed by atoms with E-state index in [0.29, 0.717) is 16.9 Å². The summed E-state index contributed by atoms with van der Waals surface area (Å²) in [7, 11) is 1.87. The molecule has 0 spiro atoms. The van der Waals surface area contributed by atoms with Crippen molar-refractivity contribution in [2.75, 3.05) is 18.4 Å². The molecular formula is C22H22BrN3O2. The van der Waals surface area contributed by atoms with E-state index >= 15 is 0 Å². The summed E-state index contributed by atoms with van der Waals surface area (Å²) in [4.78, 5) is 27.9. The van der Waals surface area contributed by atoms with Crippen LogP contribution in [0.15, 0.2) is 53.0 Å². The molecule has 2 aromatic carbocycles. The first-order valence-corrected chi connectivity index (χ1v) is 10.3. The number of rotatable bonds is 3. The number of piperidine rings is 1. The molecule has 0 bridgehead atoms. The third-order valence-corrected chi connectivity index (χ3v) is 6.11. The summed E-state index contributed by atoms with van der Waals surface area (Å²) in [5.74, 6) is -0.267. The van der Waals surface area contributed by atoms with E-state index in [1.807, 2.05) is 52.9 Å². The molecule has 0 radical (unpaired) electrons. The fourth-order valence-electron chi connectivity index (χ4n) is 3.83. The van der Waals surface area contributed by atoms with E-state index in [4.69, 9.17) is 0 Å². The largest absolute Gasteiger partial charge is 0.339 e. The maximum absolute atomic E-state index is 13.1. The van der Waals surface area contributed by atoms with E-state index in [-0.39, 0.29) is 11.8 Å². The van der Waals surface area contributed by atoms with Crippen LogP contribution in [0.3, 0.4) is 0 Å². The molecule has 144 valence electrons. The van der Waals surface area contributed by atoms with Gasteiger partial charge in [-0.05, 0) is 53.4 Å². The molecular weight excluding hydrogens is 418 g/mol. The average Bonchev–Trinajstić information content (AvgIpc) is 2.99. The van der Waals surface area contributed by atoms with E-state index in [1.165, 1.54) is 0 Å². The van der Waals surface area contributed by atoms with Gasteiger partial charge in [-0.3, -0.25) is 9.59 Å². The SMILES string of the molecule is Cn1c(C(=O)Nc2ccccc2C(=O)N2CCCCC2)c(Br)c2ccccc21. The van der Waals surface area contributed by atoms with Crippen LogP contribution in [-0.4, -0.2) is 34.4 Å². The van der Waals surface area contributed by atoms with Crippen LogP contribution in [0.4, 0.5) is 5.69 Å². The molecule has 1 N–H and O–H groups in total. The fraction of sp³-hybridized carbons (Fsp3) is 0.273. The van der Waals surface area contributed by atoms with E-state index in [0.717, 1.165) is 47.7 Å². The Morgan fingerprint density at radius 2 is 1.64 bits per heavy atom. The minimum atomic E-state index is -0.246. The highest BCUT2D eigenvalue weighted by atomic mass is 79.9. The van der Waals surface area contributed by atoms with Crippen LogP contribution >= 0.6 is 15.9 Å². The van der Waals surface area contributed by atoms with Gasteiger partial charge in [0, 0.05) is 31.0 Å². The number of anilines is 1. The number of aromatic nitrogens is 1. The number of para-hydroxylation sites is 2. The molecule has 1 aliphatic heterocycles. The van der Waals surface area contributed by atoms with Crippen molar-refractivity contribution in [3.8, 4) is 0 Å². The van der Waals surface area contributed by atoms with Crippen molar-refractivity contribution in [3.05, 3.63) is 64.3 Å². The Morgan fingerprint density at radius 3 is 2.39 bits per heavy atom. The van der Waals surface area contributed by atoms with Crippen LogP contribution in [-0.2, 0) is 7.05 Å². The normalized spacial score (nSPS) is 14.3. The second kappa shape index (κ2) is 7.80. The molecule has 3 aromatic rings. The summed E-state index contributed by atoms with van der Waals surface area (Å²) >= 11 is 3.57. The smallest absolute Gasteiger partial charge is 0.273 e. The van der Waals surface area contributed by atoms with Crippen molar-refractivity contribution in [2.45, 2.75) is 19.3 Å². The van der Waals surface area contributed by atoms with Gasteiger partial charge in [-0.25, -0.2) is 0 Å². The second-order valence-electron chi connectivity index (χ2n) is 7.09. The van der Waals surface area contributed by atoms with Crippen molar-refractivity contribution in [3.63, 3.8) is 0 Å². The highest BCUT2D eigenvalue weighted by Crippen LogP contribution is 2.31. The summed E-state index contributed by atoms with van der Waals surface area (Å²) in [6.07, 6.45) is 3.23. The first-order chi connectivity index (χ1) is 13.6. The number of halogens is 1. The number of likely N-dealkylation sites (tertiary alicyclic amines) is 1. The monoisotopic (exact) mass is 439 g/mol. The molecule has 4 rings (SSSR count). The van der Waals surface area contributed by atoms with Gasteiger partial charge in [-0.1, -0.05) is 30.3 Å². The summed E-state index contributed by atoms with van der Waals surface area (Å²) in [6.45, 7) is 1.55. The maximum atomic E-state index is 13.1. The lowest BCUT2D eigenvalue weighted by Crippen LogP contribution is -2.36. The molecule has 1 fully saturated rings. The Hall–Kier alpha value is -2.60. The molecule has 6 heteroatoms. The number of nitrogens with one attached hydrogen (secondary N) is 1. The van der Waals surface area contributed by atoms with Crippen molar-refractivity contribution < 1.29 is 9.59 Å². The van der Waals surface area contributed by atoms with Crippen LogP contribution in [0.1, 0.15) is 40.1 Å². The van der Waals surface area contributed by atoms with Gasteiger partial charge in [0.15, 0.2) is 0 Å². The summed E-state index contributed by atoms with van der Waals surface area (Å²) < 4.78 is 2.62. The van der Waals surface area contributed by atoms with Crippen molar-refractivity contribution in [1.82, 2.24) is 9.47 Å². The van der Waals surface area contributed by atoms with Crippen LogP contribution in [0.5, 0.6) is 0 Å². The number of benzene rings is 2. The van der Waals surface area contributed by atoms with Crippen LogP contribution in [0, 0.1) is 0 Å². The first-order valence-electron chi connectivity index (χ1n) is 9.50. The van der Waals surface area contributed by atoms with Gasteiger partial charge in [-0.15, -0.1) is 0 Å². The zero-order chi connectivity index (χ0) is 19.7. The van der Waals surface area contributed by atoms with Gasteiger partial charge in [0.05, 0.1) is 15.7 Å². The number of aryl methyl sites for hydroxylation is 1. The minimum absolute atomic E-state index is 0.0216. The van der Waals surface area contributed by atoms with E-state index in [2.05, 4.69) is 21.2 Å². The van der Waals surface area contributed by atoms with Crippen molar-refractivity contribution in [2.24, 2.45) is 7.05 Å².